The Morgan fingerprint density at radius 3 is 0.873 bits per heavy atom. The van der Waals surface area contributed by atoms with Crippen LogP contribution in [0.3, 0.4) is 0 Å². The van der Waals surface area contributed by atoms with Crippen molar-refractivity contribution >= 4 is 52.3 Å². The number of hydrogen-bond donors (Lipinski definition) is 0. The van der Waals surface area contributed by atoms with Crippen molar-refractivity contribution in [3.8, 4) is 33.4 Å². The van der Waals surface area contributed by atoms with Crippen molar-refractivity contribution in [2.45, 2.75) is 45.6 Å². The van der Waals surface area contributed by atoms with Crippen molar-refractivity contribution in [2.24, 2.45) is 0 Å². The monoisotopic (exact) mass is 1060 g/mol. The van der Waals surface area contributed by atoms with E-state index in [9.17, 15) is 0 Å². The lowest BCUT2D eigenvalue weighted by Gasteiger charge is -2.41. The number of anilines is 3. The van der Waals surface area contributed by atoms with Crippen LogP contribution in [-0.4, -0.2) is 0 Å². The standard InChI is InChI=1S/C75H45NS3/c1-4-23-53-48(20-1)50-42-40-46(44-63(50)74(53)58-28-9-15-36-68(58)78-69-37-16-10-29-59(69)74)76(47-41-43-51-49-21-2-5-24-54(49)75(64(51)45-47)60-30-11-17-38-70(60)79-71-39-18-12-31-61(71)75)65-33-19-32-62-72(65)52-22-3-6-25-55(52)73(62)56-26-7-13-34-66(56)77-67-35-14-8-27-57(67)73/h1-45H. The van der Waals surface area contributed by atoms with Crippen LogP contribution < -0.4 is 4.90 Å². The first-order valence-electron chi connectivity index (χ1n) is 27.3. The SMILES string of the molecule is c1ccc2c(c1)Sc1ccccc1C21c2ccccc2-c2ccc(N(c3ccc4c(c3)C3(c5ccccc5Sc5ccccc53)c3ccccc3-4)c3cccc4c3-c3ccccc3C43c4ccccc4Sc4ccccc43)cc21. The molecule has 12 aromatic rings. The summed E-state index contributed by atoms with van der Waals surface area (Å²) in [6.07, 6.45) is 0. The average molecular weight is 1060 g/mol. The third-order valence-electron chi connectivity index (χ3n) is 18.3. The molecule has 18 rings (SSSR count). The van der Waals surface area contributed by atoms with Gasteiger partial charge in [0.2, 0.25) is 0 Å². The second kappa shape index (κ2) is 16.3. The Bertz CT molecular complexity index is 4310. The van der Waals surface area contributed by atoms with Gasteiger partial charge in [-0.3, -0.25) is 0 Å². The molecule has 0 radical (unpaired) electrons. The van der Waals surface area contributed by atoms with Gasteiger partial charge in [0.15, 0.2) is 0 Å². The lowest BCUT2D eigenvalue weighted by Crippen LogP contribution is -2.32. The highest BCUT2D eigenvalue weighted by Gasteiger charge is 2.54. The number of fused-ring (bicyclic) bond motifs is 27. The van der Waals surface area contributed by atoms with Crippen LogP contribution in [0.5, 0.6) is 0 Å². The van der Waals surface area contributed by atoms with E-state index >= 15 is 0 Å². The summed E-state index contributed by atoms with van der Waals surface area (Å²) in [7, 11) is 0. The molecule has 0 fully saturated rings. The van der Waals surface area contributed by atoms with Gasteiger partial charge in [0, 0.05) is 46.3 Å². The fourth-order valence-electron chi connectivity index (χ4n) is 15.5. The van der Waals surface area contributed by atoms with Gasteiger partial charge in [-0.15, -0.1) is 0 Å². The van der Waals surface area contributed by atoms with Crippen LogP contribution >= 0.6 is 35.3 Å². The molecular weight excluding hydrogens is 1010 g/mol. The van der Waals surface area contributed by atoms with Gasteiger partial charge in [-0.05, 0) is 161 Å². The van der Waals surface area contributed by atoms with Gasteiger partial charge in [0.25, 0.3) is 0 Å². The molecule has 79 heavy (non-hydrogen) atoms. The molecule has 0 aromatic heterocycles. The summed E-state index contributed by atoms with van der Waals surface area (Å²) >= 11 is 5.69. The summed E-state index contributed by atoms with van der Waals surface area (Å²) in [4.78, 5) is 10.4. The Balaban J connectivity index is 0.964. The first kappa shape index (κ1) is 44.5. The third kappa shape index (κ3) is 5.56. The molecule has 6 aliphatic rings. The third-order valence-corrected chi connectivity index (χ3v) is 21.7. The predicted octanol–water partition coefficient (Wildman–Crippen LogP) is 19.6. The van der Waals surface area contributed by atoms with Gasteiger partial charge in [-0.1, -0.05) is 242 Å². The fourth-order valence-corrected chi connectivity index (χ4v) is 19.0. The largest absolute Gasteiger partial charge is 0.310 e. The van der Waals surface area contributed by atoms with Crippen LogP contribution in [0.4, 0.5) is 17.1 Å². The van der Waals surface area contributed by atoms with Gasteiger partial charge < -0.3 is 4.90 Å². The molecule has 0 bridgehead atoms. The number of hydrogen-bond acceptors (Lipinski definition) is 4. The molecule has 368 valence electrons. The van der Waals surface area contributed by atoms with E-state index in [-0.39, 0.29) is 0 Å². The lowest BCUT2D eigenvalue weighted by atomic mass is 9.67. The molecule has 1 nitrogen and oxygen atoms in total. The van der Waals surface area contributed by atoms with Crippen LogP contribution in [-0.2, 0) is 16.2 Å². The van der Waals surface area contributed by atoms with E-state index < -0.39 is 16.2 Å². The maximum Gasteiger partial charge on any atom is 0.0736 e. The number of nitrogens with zero attached hydrogens (tertiary/aromatic N) is 1. The number of benzene rings is 12. The van der Waals surface area contributed by atoms with Gasteiger partial charge in [-0.25, -0.2) is 0 Å². The van der Waals surface area contributed by atoms with Crippen molar-refractivity contribution in [3.05, 3.63) is 340 Å². The first-order valence-corrected chi connectivity index (χ1v) is 29.8. The second-order valence-corrected chi connectivity index (χ2v) is 24.9. The zero-order valence-corrected chi connectivity index (χ0v) is 45.1. The van der Waals surface area contributed by atoms with Crippen LogP contribution in [0.15, 0.2) is 302 Å². The summed E-state index contributed by atoms with van der Waals surface area (Å²) in [6.45, 7) is 0. The van der Waals surface area contributed by atoms with Crippen LogP contribution in [0.2, 0.25) is 0 Å². The molecule has 0 N–H and O–H groups in total. The predicted molar refractivity (Wildman–Crippen MR) is 325 cm³/mol. The molecule has 3 aliphatic heterocycles. The van der Waals surface area contributed by atoms with Gasteiger partial charge in [0.05, 0.1) is 21.9 Å². The Labute approximate surface area is 472 Å². The minimum absolute atomic E-state index is 0.542. The fraction of sp³-hybridized carbons (Fsp3) is 0.0400. The highest BCUT2D eigenvalue weighted by molar-refractivity contribution is 8.00. The van der Waals surface area contributed by atoms with Crippen molar-refractivity contribution in [3.63, 3.8) is 0 Å². The molecule has 0 unspecified atom stereocenters. The van der Waals surface area contributed by atoms with E-state index in [2.05, 4.69) is 278 Å². The zero-order chi connectivity index (χ0) is 51.6. The molecule has 4 heteroatoms. The molecule has 0 amide bonds. The lowest BCUT2D eigenvalue weighted by molar-refractivity contribution is 0.721. The zero-order valence-electron chi connectivity index (χ0n) is 42.7. The maximum atomic E-state index is 2.64. The minimum Gasteiger partial charge on any atom is -0.310 e. The molecule has 12 aromatic carbocycles. The van der Waals surface area contributed by atoms with E-state index in [4.69, 9.17) is 0 Å². The van der Waals surface area contributed by atoms with E-state index in [1.807, 2.05) is 35.3 Å². The van der Waals surface area contributed by atoms with Crippen LogP contribution in [0, 0.1) is 0 Å². The normalized spacial score (nSPS) is 15.5. The molecular formula is C75H45NS3. The van der Waals surface area contributed by atoms with Crippen molar-refractivity contribution in [1.29, 1.82) is 0 Å². The quantitative estimate of drug-likeness (QED) is 0.173. The highest BCUT2D eigenvalue weighted by Crippen LogP contribution is 2.68. The van der Waals surface area contributed by atoms with E-state index in [0.29, 0.717) is 0 Å². The van der Waals surface area contributed by atoms with E-state index in [1.165, 1.54) is 130 Å². The summed E-state index contributed by atoms with van der Waals surface area (Å²) < 4.78 is 0. The molecule has 3 spiro atoms. The molecule has 3 aliphatic carbocycles. The number of rotatable bonds is 3. The average Bonchev–Trinajstić information content (AvgIpc) is 3.09. The van der Waals surface area contributed by atoms with Crippen LogP contribution in [0.1, 0.15) is 66.8 Å². The molecule has 0 saturated carbocycles. The van der Waals surface area contributed by atoms with Crippen molar-refractivity contribution < 1.29 is 0 Å². The summed E-state index contributed by atoms with van der Waals surface area (Å²) in [5.74, 6) is 0. The Kier molecular flexibility index (Phi) is 9.17. The van der Waals surface area contributed by atoms with Gasteiger partial charge in [-0.2, -0.15) is 0 Å². The maximum absolute atomic E-state index is 2.64. The Morgan fingerprint density at radius 2 is 0.494 bits per heavy atom. The molecule has 3 heterocycles. The summed E-state index contributed by atoms with van der Waals surface area (Å²) in [5, 5.41) is 0. The van der Waals surface area contributed by atoms with Gasteiger partial charge >= 0.3 is 0 Å². The van der Waals surface area contributed by atoms with Crippen molar-refractivity contribution in [2.75, 3.05) is 4.90 Å². The van der Waals surface area contributed by atoms with Crippen LogP contribution in [0.25, 0.3) is 33.4 Å². The minimum atomic E-state index is -0.550. The van der Waals surface area contributed by atoms with E-state index in [0.717, 1.165) is 17.1 Å². The van der Waals surface area contributed by atoms with E-state index in [1.54, 1.807) is 0 Å². The Morgan fingerprint density at radius 1 is 0.215 bits per heavy atom. The van der Waals surface area contributed by atoms with Gasteiger partial charge in [0.1, 0.15) is 0 Å². The Hall–Kier alpha value is -8.51. The first-order chi connectivity index (χ1) is 39.2. The molecule has 0 saturated heterocycles. The summed E-state index contributed by atoms with van der Waals surface area (Å²) in [6, 6.07) is 105. The highest BCUT2D eigenvalue weighted by atomic mass is 32.2. The topological polar surface area (TPSA) is 3.24 Å². The second-order valence-electron chi connectivity index (χ2n) is 21.7. The summed E-state index contributed by atoms with van der Waals surface area (Å²) in [5.41, 5.74) is 25.4. The smallest absolute Gasteiger partial charge is 0.0736 e. The van der Waals surface area contributed by atoms with Crippen molar-refractivity contribution in [1.82, 2.24) is 0 Å². The molecule has 0 atom stereocenters.